The Morgan fingerprint density at radius 3 is 2.64 bits per heavy atom. The Hall–Kier alpha value is -1.15. The van der Waals surface area contributed by atoms with Gasteiger partial charge >= 0.3 is 0 Å². The van der Waals surface area contributed by atoms with Crippen LogP contribution in [0.4, 0.5) is 4.39 Å². The van der Waals surface area contributed by atoms with E-state index in [4.69, 9.17) is 4.74 Å². The summed E-state index contributed by atoms with van der Waals surface area (Å²) in [5.41, 5.74) is 2.12. The van der Waals surface area contributed by atoms with Crippen LogP contribution in [0.5, 0.6) is 0 Å². The van der Waals surface area contributed by atoms with Gasteiger partial charge in [-0.05, 0) is 70.6 Å². The first-order chi connectivity index (χ1) is 10.3. The van der Waals surface area contributed by atoms with Gasteiger partial charge in [0.05, 0.1) is 5.60 Å². The molecular formula is C20H31FO. The van der Waals surface area contributed by atoms with Gasteiger partial charge in [0.2, 0.25) is 0 Å². The van der Waals surface area contributed by atoms with Crippen LogP contribution in [-0.4, -0.2) is 12.2 Å². The number of benzene rings is 1. The largest absolute Gasteiger partial charge is 0.375 e. The molecule has 0 aliphatic heterocycles. The molecule has 0 saturated heterocycles. The Kier molecular flexibility index (Phi) is 7.81. The van der Waals surface area contributed by atoms with Crippen molar-refractivity contribution in [2.75, 3.05) is 6.61 Å². The highest BCUT2D eigenvalue weighted by molar-refractivity contribution is 5.18. The molecule has 22 heavy (non-hydrogen) atoms. The molecule has 2 heteroatoms. The fourth-order valence-electron chi connectivity index (χ4n) is 2.53. The number of rotatable bonds is 9. The molecule has 1 atom stereocenters. The Bertz CT molecular complexity index is 472. The predicted molar refractivity (Wildman–Crippen MR) is 92.6 cm³/mol. The zero-order valence-electron chi connectivity index (χ0n) is 14.8. The van der Waals surface area contributed by atoms with Crippen molar-refractivity contribution in [1.29, 1.82) is 0 Å². The summed E-state index contributed by atoms with van der Waals surface area (Å²) in [4.78, 5) is 0. The Labute approximate surface area is 135 Å². The van der Waals surface area contributed by atoms with Gasteiger partial charge in [-0.3, -0.25) is 0 Å². The van der Waals surface area contributed by atoms with Crippen molar-refractivity contribution in [3.63, 3.8) is 0 Å². The van der Waals surface area contributed by atoms with Crippen molar-refractivity contribution in [1.82, 2.24) is 0 Å². The maximum absolute atomic E-state index is 13.2. The van der Waals surface area contributed by atoms with Crippen LogP contribution in [0.2, 0.25) is 0 Å². The van der Waals surface area contributed by atoms with Crippen LogP contribution in [0, 0.1) is 11.7 Å². The molecular weight excluding hydrogens is 275 g/mol. The highest BCUT2D eigenvalue weighted by Crippen LogP contribution is 2.20. The van der Waals surface area contributed by atoms with Gasteiger partial charge in [-0.1, -0.05) is 30.7 Å². The molecule has 0 amide bonds. The van der Waals surface area contributed by atoms with E-state index in [9.17, 15) is 4.39 Å². The minimum atomic E-state index is -0.257. The maximum atomic E-state index is 13.2. The zero-order valence-corrected chi connectivity index (χ0v) is 14.8. The van der Waals surface area contributed by atoms with Gasteiger partial charge in [0.15, 0.2) is 0 Å². The van der Waals surface area contributed by atoms with Crippen molar-refractivity contribution in [3.05, 3.63) is 47.3 Å². The van der Waals surface area contributed by atoms with E-state index >= 15 is 0 Å². The van der Waals surface area contributed by atoms with Crippen LogP contribution in [-0.2, 0) is 11.2 Å². The smallest absolute Gasteiger partial charge is 0.123 e. The first kappa shape index (κ1) is 18.9. The van der Waals surface area contributed by atoms with Crippen LogP contribution in [0.1, 0.15) is 59.4 Å². The molecule has 0 unspecified atom stereocenters. The summed E-state index contributed by atoms with van der Waals surface area (Å²) >= 11 is 0. The van der Waals surface area contributed by atoms with Gasteiger partial charge < -0.3 is 4.74 Å². The summed E-state index contributed by atoms with van der Waals surface area (Å²) in [5.74, 6) is 0.488. The van der Waals surface area contributed by atoms with E-state index in [1.54, 1.807) is 12.1 Å². The van der Waals surface area contributed by atoms with Crippen LogP contribution in [0.25, 0.3) is 0 Å². The van der Waals surface area contributed by atoms with Crippen molar-refractivity contribution < 1.29 is 9.13 Å². The molecule has 0 aliphatic rings. The lowest BCUT2D eigenvalue weighted by atomic mass is 9.97. The Morgan fingerprint density at radius 1 is 1.27 bits per heavy atom. The number of halogens is 1. The molecule has 0 bridgehead atoms. The summed E-state index contributed by atoms with van der Waals surface area (Å²) < 4.78 is 19.3. The monoisotopic (exact) mass is 306 g/mol. The first-order valence-corrected chi connectivity index (χ1v) is 8.30. The molecule has 1 nitrogen and oxygen atoms in total. The molecule has 0 heterocycles. The van der Waals surface area contributed by atoms with Gasteiger partial charge in [-0.15, -0.1) is 0 Å². The van der Waals surface area contributed by atoms with E-state index in [0.29, 0.717) is 5.92 Å². The van der Waals surface area contributed by atoms with Crippen molar-refractivity contribution >= 4 is 0 Å². The molecule has 1 rings (SSSR count). The minimum absolute atomic E-state index is 0.179. The first-order valence-electron chi connectivity index (χ1n) is 8.30. The maximum Gasteiger partial charge on any atom is 0.123 e. The van der Waals surface area contributed by atoms with Crippen LogP contribution in [0.3, 0.4) is 0 Å². The highest BCUT2D eigenvalue weighted by atomic mass is 19.1. The van der Waals surface area contributed by atoms with Crippen LogP contribution >= 0.6 is 0 Å². The second-order valence-electron chi connectivity index (χ2n) is 7.17. The molecule has 0 aromatic heterocycles. The van der Waals surface area contributed by atoms with Gasteiger partial charge in [-0.25, -0.2) is 4.39 Å². The van der Waals surface area contributed by atoms with Crippen molar-refractivity contribution in [2.24, 2.45) is 5.92 Å². The molecule has 0 saturated carbocycles. The fourth-order valence-corrected chi connectivity index (χ4v) is 2.53. The third-order valence-corrected chi connectivity index (χ3v) is 3.83. The molecule has 1 aromatic carbocycles. The number of allylic oxidation sites excluding steroid dienone is 2. The summed E-state index contributed by atoms with van der Waals surface area (Å²) in [6.07, 6.45) is 6.46. The fraction of sp³-hybridized carbons (Fsp3) is 0.600. The highest BCUT2D eigenvalue weighted by Gasteiger charge is 2.19. The molecule has 0 aliphatic carbocycles. The lowest BCUT2D eigenvalue weighted by Crippen LogP contribution is -2.28. The van der Waals surface area contributed by atoms with E-state index in [-0.39, 0.29) is 11.4 Å². The lowest BCUT2D eigenvalue weighted by Gasteiger charge is -2.26. The van der Waals surface area contributed by atoms with Gasteiger partial charge in [0.1, 0.15) is 5.82 Å². The summed E-state index contributed by atoms with van der Waals surface area (Å²) in [6, 6.07) is 6.78. The van der Waals surface area contributed by atoms with Crippen molar-refractivity contribution in [3.8, 4) is 0 Å². The second-order valence-corrected chi connectivity index (χ2v) is 7.17. The topological polar surface area (TPSA) is 9.23 Å². The molecule has 1 aromatic rings. The third-order valence-electron chi connectivity index (χ3n) is 3.83. The van der Waals surface area contributed by atoms with Crippen molar-refractivity contribution in [2.45, 2.75) is 65.9 Å². The quantitative estimate of drug-likeness (QED) is 0.513. The third kappa shape index (κ3) is 8.33. The standard InChI is InChI=1S/C20H31FO/c1-16(2)8-6-9-17(3)12-13-22-20(4,5)15-18-10-7-11-19(21)14-18/h7-8,10-11,14,17H,6,9,12-13,15H2,1-5H3/t17-/m0/s1. The van der Waals surface area contributed by atoms with Gasteiger partial charge in [-0.2, -0.15) is 0 Å². The van der Waals surface area contributed by atoms with E-state index in [1.165, 1.54) is 18.1 Å². The van der Waals surface area contributed by atoms with Gasteiger partial charge in [0.25, 0.3) is 0 Å². The lowest BCUT2D eigenvalue weighted by molar-refractivity contribution is -0.0224. The zero-order chi connectivity index (χ0) is 16.6. The summed E-state index contributed by atoms with van der Waals surface area (Å²) in [6.45, 7) is 11.5. The number of hydrogen-bond acceptors (Lipinski definition) is 1. The molecule has 0 spiro atoms. The van der Waals surface area contributed by atoms with E-state index in [2.05, 4.69) is 40.7 Å². The SMILES string of the molecule is CC(C)=CCC[C@H](C)CCOC(C)(C)Cc1cccc(F)c1. The van der Waals surface area contributed by atoms with E-state index in [1.807, 2.05) is 6.07 Å². The predicted octanol–water partition coefficient (Wildman–Crippen LogP) is 5.94. The summed E-state index contributed by atoms with van der Waals surface area (Å²) in [5, 5.41) is 0. The Morgan fingerprint density at radius 2 is 2.00 bits per heavy atom. The van der Waals surface area contributed by atoms with E-state index < -0.39 is 0 Å². The molecule has 0 N–H and O–H groups in total. The van der Waals surface area contributed by atoms with Gasteiger partial charge in [0, 0.05) is 13.0 Å². The average Bonchev–Trinajstić information content (AvgIpc) is 2.37. The Balaban J connectivity index is 2.31. The van der Waals surface area contributed by atoms with Crippen LogP contribution in [0.15, 0.2) is 35.9 Å². The normalized spacial score (nSPS) is 13.0. The average molecular weight is 306 g/mol. The molecule has 124 valence electrons. The number of hydrogen-bond donors (Lipinski definition) is 0. The molecule has 0 radical (unpaired) electrons. The summed E-state index contributed by atoms with van der Waals surface area (Å²) in [7, 11) is 0. The van der Waals surface area contributed by atoms with Crippen LogP contribution < -0.4 is 0 Å². The van der Waals surface area contributed by atoms with E-state index in [0.717, 1.165) is 31.4 Å². The number of ether oxygens (including phenoxy) is 1. The minimum Gasteiger partial charge on any atom is -0.375 e. The second kappa shape index (κ2) is 9.09. The molecule has 0 fully saturated rings.